The summed E-state index contributed by atoms with van der Waals surface area (Å²) in [5.74, 6) is 0.919. The topological polar surface area (TPSA) is 52.6 Å². The summed E-state index contributed by atoms with van der Waals surface area (Å²) in [6.07, 6.45) is 2.28. The Morgan fingerprint density at radius 3 is 2.69 bits per heavy atom. The zero-order valence-electron chi connectivity index (χ0n) is 15.6. The number of nitrogens with zero attached hydrogens (tertiary/aromatic N) is 3. The van der Waals surface area contributed by atoms with Crippen molar-refractivity contribution >= 4 is 57.6 Å². The van der Waals surface area contributed by atoms with Crippen molar-refractivity contribution < 1.29 is 0 Å². The minimum Gasteiger partial charge on any atom is -0.363 e. The summed E-state index contributed by atoms with van der Waals surface area (Å²) < 4.78 is 0. The largest absolute Gasteiger partial charge is 0.363 e. The lowest BCUT2D eigenvalue weighted by Gasteiger charge is -2.33. The lowest BCUT2D eigenvalue weighted by Crippen LogP contribution is -2.48. The molecular weight excluding hydrogens is 477 g/mol. The van der Waals surface area contributed by atoms with Crippen LogP contribution in [0.5, 0.6) is 0 Å². The second kappa shape index (κ2) is 10.5. The molecular formula is C18H28IN5S2. The Labute approximate surface area is 181 Å². The highest BCUT2D eigenvalue weighted by atomic mass is 127. The number of piperidine rings is 1. The van der Waals surface area contributed by atoms with Crippen LogP contribution in [0.2, 0.25) is 0 Å². The average Bonchev–Trinajstić information content (AvgIpc) is 3.23. The van der Waals surface area contributed by atoms with Gasteiger partial charge in [-0.2, -0.15) is 0 Å². The number of aryl methyl sites for hydroxylation is 2. The Morgan fingerprint density at radius 1 is 1.35 bits per heavy atom. The van der Waals surface area contributed by atoms with E-state index in [0.29, 0.717) is 12.6 Å². The van der Waals surface area contributed by atoms with E-state index in [9.17, 15) is 0 Å². The van der Waals surface area contributed by atoms with Gasteiger partial charge < -0.3 is 15.5 Å². The molecule has 3 rings (SSSR count). The van der Waals surface area contributed by atoms with Crippen molar-refractivity contribution in [1.82, 2.24) is 15.6 Å². The van der Waals surface area contributed by atoms with Crippen LogP contribution in [0.1, 0.15) is 35.3 Å². The molecule has 3 heterocycles. The highest BCUT2D eigenvalue weighted by Crippen LogP contribution is 2.24. The standard InChI is InChI=1S/C18H27N5S2.HI/c1-4-19-18(20-12-16-13(2)21-14(3)25-16)22-15-7-9-23(10-8-15)17-6-5-11-24-17;/h5-6,11,15H,4,7-10,12H2,1-3H3,(H2,19,20,22);1H. The molecule has 2 aromatic heterocycles. The zero-order valence-corrected chi connectivity index (χ0v) is 19.6. The van der Waals surface area contributed by atoms with Crippen LogP contribution in [0.25, 0.3) is 0 Å². The van der Waals surface area contributed by atoms with Crippen LogP contribution in [-0.2, 0) is 6.54 Å². The van der Waals surface area contributed by atoms with Gasteiger partial charge in [0.25, 0.3) is 0 Å². The van der Waals surface area contributed by atoms with Gasteiger partial charge in [-0.3, -0.25) is 0 Å². The van der Waals surface area contributed by atoms with E-state index in [2.05, 4.69) is 58.8 Å². The van der Waals surface area contributed by atoms with E-state index in [1.54, 1.807) is 11.3 Å². The molecule has 144 valence electrons. The quantitative estimate of drug-likeness (QED) is 0.364. The average molecular weight is 505 g/mol. The number of thiophene rings is 1. The van der Waals surface area contributed by atoms with Gasteiger partial charge in [-0.05, 0) is 51.1 Å². The minimum absolute atomic E-state index is 0. The monoisotopic (exact) mass is 505 g/mol. The van der Waals surface area contributed by atoms with Gasteiger partial charge in [-0.25, -0.2) is 9.98 Å². The number of aliphatic imine (C=N–C) groups is 1. The first-order valence-corrected chi connectivity index (χ1v) is 10.6. The summed E-state index contributed by atoms with van der Waals surface area (Å²) in [7, 11) is 0. The number of hydrogen-bond acceptors (Lipinski definition) is 5. The van der Waals surface area contributed by atoms with Gasteiger partial charge in [-0.1, -0.05) is 0 Å². The first-order chi connectivity index (χ1) is 12.2. The van der Waals surface area contributed by atoms with E-state index >= 15 is 0 Å². The molecule has 0 aromatic carbocycles. The smallest absolute Gasteiger partial charge is 0.191 e. The fourth-order valence-corrected chi connectivity index (χ4v) is 4.73. The van der Waals surface area contributed by atoms with Crippen LogP contribution in [-0.4, -0.2) is 36.6 Å². The fraction of sp³-hybridized carbons (Fsp3) is 0.556. The molecule has 0 spiro atoms. The van der Waals surface area contributed by atoms with E-state index in [0.717, 1.165) is 49.1 Å². The molecule has 0 saturated carbocycles. The molecule has 0 amide bonds. The summed E-state index contributed by atoms with van der Waals surface area (Å²) >= 11 is 3.57. The van der Waals surface area contributed by atoms with Gasteiger partial charge in [0, 0.05) is 30.6 Å². The number of halogens is 1. The number of thiazole rings is 1. The van der Waals surface area contributed by atoms with Gasteiger partial charge in [0.15, 0.2) is 5.96 Å². The maximum Gasteiger partial charge on any atom is 0.191 e. The first kappa shape index (κ1) is 21.4. The van der Waals surface area contributed by atoms with E-state index < -0.39 is 0 Å². The number of anilines is 1. The van der Waals surface area contributed by atoms with Crippen LogP contribution in [0.3, 0.4) is 0 Å². The van der Waals surface area contributed by atoms with Gasteiger partial charge in [0.1, 0.15) is 0 Å². The molecule has 0 radical (unpaired) electrons. The summed E-state index contributed by atoms with van der Waals surface area (Å²) in [6.45, 7) is 10.0. The van der Waals surface area contributed by atoms with Crippen molar-refractivity contribution in [2.75, 3.05) is 24.5 Å². The van der Waals surface area contributed by atoms with Gasteiger partial charge in [-0.15, -0.1) is 46.7 Å². The molecule has 1 aliphatic rings. The highest BCUT2D eigenvalue weighted by Gasteiger charge is 2.20. The summed E-state index contributed by atoms with van der Waals surface area (Å²) in [6, 6.07) is 4.82. The van der Waals surface area contributed by atoms with Crippen LogP contribution in [0.4, 0.5) is 5.00 Å². The second-order valence-corrected chi connectivity index (χ2v) is 8.51. The van der Waals surface area contributed by atoms with E-state index in [-0.39, 0.29) is 24.0 Å². The van der Waals surface area contributed by atoms with Crippen LogP contribution < -0.4 is 15.5 Å². The molecule has 0 atom stereocenters. The summed E-state index contributed by atoms with van der Waals surface area (Å²) in [5.41, 5.74) is 1.10. The van der Waals surface area contributed by atoms with Crippen molar-refractivity contribution in [2.45, 2.75) is 46.2 Å². The second-order valence-electron chi connectivity index (χ2n) is 6.29. The Morgan fingerprint density at radius 2 is 2.12 bits per heavy atom. The number of rotatable bonds is 5. The number of hydrogen-bond donors (Lipinski definition) is 2. The number of guanidine groups is 1. The van der Waals surface area contributed by atoms with Crippen molar-refractivity contribution in [3.8, 4) is 0 Å². The maximum atomic E-state index is 4.77. The molecule has 0 bridgehead atoms. The Kier molecular flexibility index (Phi) is 8.62. The Bertz CT molecular complexity index is 691. The third-order valence-corrected chi connectivity index (χ3v) is 6.36. The van der Waals surface area contributed by atoms with Gasteiger partial charge in [0.05, 0.1) is 22.2 Å². The van der Waals surface area contributed by atoms with Crippen LogP contribution in [0.15, 0.2) is 22.5 Å². The maximum absolute atomic E-state index is 4.77. The Hall–Kier alpha value is -0.870. The molecule has 2 aromatic rings. The highest BCUT2D eigenvalue weighted by molar-refractivity contribution is 14.0. The minimum atomic E-state index is 0. The van der Waals surface area contributed by atoms with E-state index in [4.69, 9.17) is 4.99 Å². The SMILES string of the molecule is CCNC(=NCc1sc(C)nc1C)NC1CCN(c2cccs2)CC1.I. The normalized spacial score (nSPS) is 15.7. The Balaban J connectivity index is 0.00000243. The molecule has 8 heteroatoms. The molecule has 26 heavy (non-hydrogen) atoms. The molecule has 2 N–H and O–H groups in total. The molecule has 1 saturated heterocycles. The predicted molar refractivity (Wildman–Crippen MR) is 125 cm³/mol. The molecule has 1 aliphatic heterocycles. The first-order valence-electron chi connectivity index (χ1n) is 8.92. The van der Waals surface area contributed by atoms with E-state index in [1.807, 2.05) is 11.3 Å². The summed E-state index contributed by atoms with van der Waals surface area (Å²) in [4.78, 5) is 13.0. The molecule has 0 aliphatic carbocycles. The van der Waals surface area contributed by atoms with E-state index in [1.165, 1.54) is 9.88 Å². The van der Waals surface area contributed by atoms with Crippen molar-refractivity contribution in [3.63, 3.8) is 0 Å². The molecule has 5 nitrogen and oxygen atoms in total. The lowest BCUT2D eigenvalue weighted by atomic mass is 10.1. The van der Waals surface area contributed by atoms with Gasteiger partial charge >= 0.3 is 0 Å². The number of nitrogens with one attached hydrogen (secondary N) is 2. The van der Waals surface area contributed by atoms with Crippen LogP contribution >= 0.6 is 46.7 Å². The fourth-order valence-electron chi connectivity index (χ4n) is 3.08. The molecule has 1 fully saturated rings. The predicted octanol–water partition coefficient (Wildman–Crippen LogP) is 4.16. The zero-order chi connectivity index (χ0) is 17.6. The third kappa shape index (κ3) is 5.82. The number of aromatic nitrogens is 1. The van der Waals surface area contributed by atoms with Crippen molar-refractivity contribution in [3.05, 3.63) is 33.1 Å². The third-order valence-electron chi connectivity index (χ3n) is 4.38. The van der Waals surface area contributed by atoms with Gasteiger partial charge in [0.2, 0.25) is 0 Å². The van der Waals surface area contributed by atoms with Crippen molar-refractivity contribution in [1.29, 1.82) is 0 Å². The van der Waals surface area contributed by atoms with Crippen LogP contribution in [0, 0.1) is 13.8 Å². The van der Waals surface area contributed by atoms with Crippen molar-refractivity contribution in [2.24, 2.45) is 4.99 Å². The lowest BCUT2D eigenvalue weighted by molar-refractivity contribution is 0.463. The molecule has 0 unspecified atom stereocenters. The summed E-state index contributed by atoms with van der Waals surface area (Å²) in [5, 5.41) is 11.6.